The van der Waals surface area contributed by atoms with Gasteiger partial charge in [-0.1, -0.05) is 17.7 Å². The minimum absolute atomic E-state index is 0.252. The lowest BCUT2D eigenvalue weighted by atomic mass is 10.2. The maximum atomic E-state index is 13.4. The lowest BCUT2D eigenvalue weighted by molar-refractivity contribution is -0.123. The molecule has 10 heteroatoms. The largest absolute Gasteiger partial charge is 0.345 e. The number of amides is 3. The van der Waals surface area contributed by atoms with Gasteiger partial charge in [0.1, 0.15) is 0 Å². The molecule has 0 fully saturated rings. The molecule has 0 saturated carbocycles. The molecule has 2 rings (SSSR count). The van der Waals surface area contributed by atoms with Gasteiger partial charge in [-0.25, -0.2) is 13.2 Å². The molecule has 2 aromatic rings. The molecular formula is C17H13ClF3N3O3. The second-order valence-electron chi connectivity index (χ2n) is 5.24. The highest BCUT2D eigenvalue weighted by Gasteiger charge is 2.15. The van der Waals surface area contributed by atoms with E-state index in [9.17, 15) is 27.6 Å². The van der Waals surface area contributed by atoms with Crippen molar-refractivity contribution in [1.29, 1.82) is 0 Å². The number of benzene rings is 2. The normalized spacial score (nSPS) is 10.2. The summed E-state index contributed by atoms with van der Waals surface area (Å²) in [6.45, 7) is -0.984. The second-order valence-corrected chi connectivity index (χ2v) is 5.68. The number of carbonyl (C=O) groups excluding carboxylic acids is 3. The summed E-state index contributed by atoms with van der Waals surface area (Å²) < 4.78 is 39.3. The van der Waals surface area contributed by atoms with Crippen molar-refractivity contribution >= 4 is 35.0 Å². The Labute approximate surface area is 156 Å². The molecule has 0 unspecified atom stereocenters. The topological polar surface area (TPSA) is 87.3 Å². The quantitative estimate of drug-likeness (QED) is 0.651. The number of halogens is 4. The van der Waals surface area contributed by atoms with Crippen LogP contribution in [-0.4, -0.2) is 30.8 Å². The zero-order valence-corrected chi connectivity index (χ0v) is 14.4. The Morgan fingerprint density at radius 3 is 2.30 bits per heavy atom. The summed E-state index contributed by atoms with van der Waals surface area (Å²) >= 11 is 5.76. The summed E-state index contributed by atoms with van der Waals surface area (Å²) in [5.74, 6) is -6.76. The first kappa shape index (κ1) is 20.2. The van der Waals surface area contributed by atoms with Gasteiger partial charge in [-0.15, -0.1) is 0 Å². The van der Waals surface area contributed by atoms with E-state index in [-0.39, 0.29) is 5.56 Å². The molecule has 0 atom stereocenters. The summed E-state index contributed by atoms with van der Waals surface area (Å²) in [7, 11) is 0. The van der Waals surface area contributed by atoms with Crippen molar-refractivity contribution in [2.45, 2.75) is 0 Å². The van der Waals surface area contributed by atoms with Gasteiger partial charge in [0.05, 0.1) is 18.8 Å². The van der Waals surface area contributed by atoms with Gasteiger partial charge in [-0.2, -0.15) is 0 Å². The molecule has 2 aromatic carbocycles. The van der Waals surface area contributed by atoms with Crippen molar-refractivity contribution in [3.8, 4) is 0 Å². The Morgan fingerprint density at radius 2 is 1.59 bits per heavy atom. The van der Waals surface area contributed by atoms with Gasteiger partial charge in [-0.05, 0) is 30.3 Å². The van der Waals surface area contributed by atoms with Crippen molar-refractivity contribution < 1.29 is 27.6 Å². The first-order valence-corrected chi connectivity index (χ1v) is 7.89. The van der Waals surface area contributed by atoms with E-state index in [0.717, 1.165) is 6.07 Å². The summed E-state index contributed by atoms with van der Waals surface area (Å²) in [5.41, 5.74) is -0.315. The van der Waals surface area contributed by atoms with E-state index in [1.165, 1.54) is 12.1 Å². The zero-order chi connectivity index (χ0) is 20.0. The van der Waals surface area contributed by atoms with E-state index in [2.05, 4.69) is 10.6 Å². The summed E-state index contributed by atoms with van der Waals surface area (Å²) in [6, 6.07) is 7.57. The van der Waals surface area contributed by atoms with Crippen LogP contribution in [0, 0.1) is 17.5 Å². The van der Waals surface area contributed by atoms with Crippen molar-refractivity contribution in [3.63, 3.8) is 0 Å². The molecule has 0 spiro atoms. The molecule has 3 N–H and O–H groups in total. The molecule has 0 heterocycles. The third-order valence-corrected chi connectivity index (χ3v) is 3.49. The number of rotatable bonds is 6. The summed E-state index contributed by atoms with van der Waals surface area (Å²) in [6.07, 6.45) is 0. The number of nitrogens with one attached hydrogen (secondary N) is 3. The SMILES string of the molecule is O=C(CNC(=O)c1cccc(Cl)c1)NCC(=O)Nc1ccc(F)c(F)c1F. The van der Waals surface area contributed by atoms with E-state index in [4.69, 9.17) is 11.6 Å². The fraction of sp³-hybridized carbons (Fsp3) is 0.118. The molecule has 0 saturated heterocycles. The summed E-state index contributed by atoms with van der Waals surface area (Å²) in [4.78, 5) is 35.1. The van der Waals surface area contributed by atoms with E-state index in [1.807, 2.05) is 5.32 Å². The number of anilines is 1. The second kappa shape index (κ2) is 9.04. The van der Waals surface area contributed by atoms with Gasteiger partial charge in [0.15, 0.2) is 17.5 Å². The molecule has 6 nitrogen and oxygen atoms in total. The highest BCUT2D eigenvalue weighted by Crippen LogP contribution is 2.19. The maximum Gasteiger partial charge on any atom is 0.251 e. The van der Waals surface area contributed by atoms with Crippen LogP contribution >= 0.6 is 11.6 Å². The van der Waals surface area contributed by atoms with Crippen molar-refractivity contribution in [2.24, 2.45) is 0 Å². The van der Waals surface area contributed by atoms with Crippen molar-refractivity contribution in [3.05, 3.63) is 64.4 Å². The molecule has 0 aliphatic rings. The highest BCUT2D eigenvalue weighted by atomic mass is 35.5. The van der Waals surface area contributed by atoms with Crippen LogP contribution in [0.1, 0.15) is 10.4 Å². The standard InChI is InChI=1S/C17H13ClF3N3O3/c18-10-3-1-2-9(6-10)17(27)23-7-13(25)22-8-14(26)24-12-5-4-11(19)15(20)16(12)21/h1-6H,7-8H2,(H,22,25)(H,23,27)(H,24,26). The smallest absolute Gasteiger partial charge is 0.251 e. The van der Waals surface area contributed by atoms with E-state index >= 15 is 0 Å². The lowest BCUT2D eigenvalue weighted by Gasteiger charge is -2.09. The van der Waals surface area contributed by atoms with Crippen molar-refractivity contribution in [2.75, 3.05) is 18.4 Å². The fourth-order valence-corrected chi connectivity index (χ4v) is 2.14. The molecule has 27 heavy (non-hydrogen) atoms. The zero-order valence-electron chi connectivity index (χ0n) is 13.6. The van der Waals surface area contributed by atoms with Crippen LogP contribution < -0.4 is 16.0 Å². The number of hydrogen-bond donors (Lipinski definition) is 3. The Bertz CT molecular complexity index is 893. The van der Waals surface area contributed by atoms with Gasteiger partial charge in [0.25, 0.3) is 5.91 Å². The average molecular weight is 400 g/mol. The van der Waals surface area contributed by atoms with E-state index < -0.39 is 54.0 Å². The number of hydrogen-bond acceptors (Lipinski definition) is 3. The molecule has 0 aliphatic heterocycles. The first-order chi connectivity index (χ1) is 12.8. The van der Waals surface area contributed by atoms with Crippen LogP contribution in [0.25, 0.3) is 0 Å². The lowest BCUT2D eigenvalue weighted by Crippen LogP contribution is -2.40. The Kier molecular flexibility index (Phi) is 6.78. The molecule has 0 radical (unpaired) electrons. The Morgan fingerprint density at radius 1 is 0.889 bits per heavy atom. The van der Waals surface area contributed by atoms with Crippen LogP contribution in [-0.2, 0) is 9.59 Å². The molecule has 142 valence electrons. The average Bonchev–Trinajstić information content (AvgIpc) is 2.65. The van der Waals surface area contributed by atoms with Crippen LogP contribution in [0.5, 0.6) is 0 Å². The molecule has 3 amide bonds. The van der Waals surface area contributed by atoms with Gasteiger partial charge in [-0.3, -0.25) is 14.4 Å². The maximum absolute atomic E-state index is 13.4. The monoisotopic (exact) mass is 399 g/mol. The van der Waals surface area contributed by atoms with Gasteiger partial charge in [0.2, 0.25) is 11.8 Å². The van der Waals surface area contributed by atoms with Crippen LogP contribution in [0.15, 0.2) is 36.4 Å². The Balaban J connectivity index is 1.79. The van der Waals surface area contributed by atoms with Gasteiger partial charge in [0, 0.05) is 10.6 Å². The third kappa shape index (κ3) is 5.71. The van der Waals surface area contributed by atoms with Gasteiger partial charge >= 0.3 is 0 Å². The van der Waals surface area contributed by atoms with Gasteiger partial charge < -0.3 is 16.0 Å². The predicted molar refractivity (Wildman–Crippen MR) is 91.7 cm³/mol. The molecular weight excluding hydrogens is 387 g/mol. The fourth-order valence-electron chi connectivity index (χ4n) is 1.95. The molecule has 0 bridgehead atoms. The van der Waals surface area contributed by atoms with Crippen molar-refractivity contribution in [1.82, 2.24) is 10.6 Å². The van der Waals surface area contributed by atoms with Crippen LogP contribution in [0.4, 0.5) is 18.9 Å². The minimum atomic E-state index is -1.72. The minimum Gasteiger partial charge on any atom is -0.345 e. The van der Waals surface area contributed by atoms with E-state index in [1.54, 1.807) is 12.1 Å². The summed E-state index contributed by atoms with van der Waals surface area (Å²) in [5, 5.41) is 6.86. The third-order valence-electron chi connectivity index (χ3n) is 3.25. The van der Waals surface area contributed by atoms with Crippen LogP contribution in [0.3, 0.4) is 0 Å². The predicted octanol–water partition coefficient (Wildman–Crippen LogP) is 2.24. The Hall–Kier alpha value is -3.07. The van der Waals surface area contributed by atoms with Crippen LogP contribution in [0.2, 0.25) is 5.02 Å². The first-order valence-electron chi connectivity index (χ1n) is 7.51. The number of carbonyl (C=O) groups is 3. The van der Waals surface area contributed by atoms with E-state index in [0.29, 0.717) is 11.1 Å². The molecule has 0 aromatic heterocycles. The molecule has 0 aliphatic carbocycles. The highest BCUT2D eigenvalue weighted by molar-refractivity contribution is 6.31.